The minimum absolute atomic E-state index is 0.0955. The van der Waals surface area contributed by atoms with Crippen molar-refractivity contribution in [3.05, 3.63) is 35.1 Å². The molecule has 0 radical (unpaired) electrons. The number of hydrogen-bond donors (Lipinski definition) is 1. The zero-order valence-corrected chi connectivity index (χ0v) is 11.5. The zero-order valence-electron chi connectivity index (χ0n) is 11.5. The first kappa shape index (κ1) is 15.6. The van der Waals surface area contributed by atoms with E-state index < -0.39 is 11.9 Å². The van der Waals surface area contributed by atoms with Crippen LogP contribution in [0.2, 0.25) is 0 Å². The molecular formula is C15H21FO3. The van der Waals surface area contributed by atoms with E-state index in [-0.39, 0.29) is 24.4 Å². The Bertz CT molecular complexity index is 418. The van der Waals surface area contributed by atoms with Gasteiger partial charge in [0.2, 0.25) is 0 Å². The quantitative estimate of drug-likeness (QED) is 0.609. The number of carbonyl (C=O) groups excluding carboxylic acids is 1. The maximum Gasteiger partial charge on any atom is 0.305 e. The molecule has 0 saturated heterocycles. The molecule has 0 bridgehead atoms. The monoisotopic (exact) mass is 268 g/mol. The first-order chi connectivity index (χ1) is 9.04. The SMILES string of the molecule is CCCCOC(=O)CCC(O)c1cc(C)ccc1F. The molecule has 1 rings (SSSR count). The van der Waals surface area contributed by atoms with Gasteiger partial charge in [0, 0.05) is 12.0 Å². The van der Waals surface area contributed by atoms with Gasteiger partial charge in [0.15, 0.2) is 0 Å². The standard InChI is InChI=1S/C15H21FO3/c1-3-4-9-19-15(18)8-7-14(17)12-10-11(2)5-6-13(12)16/h5-6,10,14,17H,3-4,7-9H2,1-2H3. The van der Waals surface area contributed by atoms with Gasteiger partial charge in [-0.25, -0.2) is 4.39 Å². The van der Waals surface area contributed by atoms with Crippen LogP contribution < -0.4 is 0 Å². The van der Waals surface area contributed by atoms with Crippen molar-refractivity contribution in [2.75, 3.05) is 6.61 Å². The molecular weight excluding hydrogens is 247 g/mol. The van der Waals surface area contributed by atoms with E-state index in [9.17, 15) is 14.3 Å². The number of aliphatic hydroxyl groups is 1. The van der Waals surface area contributed by atoms with Gasteiger partial charge in [-0.3, -0.25) is 4.79 Å². The fourth-order valence-electron chi connectivity index (χ4n) is 1.73. The lowest BCUT2D eigenvalue weighted by Crippen LogP contribution is -2.09. The lowest BCUT2D eigenvalue weighted by atomic mass is 10.0. The Morgan fingerprint density at radius 2 is 2.21 bits per heavy atom. The maximum atomic E-state index is 13.5. The largest absolute Gasteiger partial charge is 0.466 e. The van der Waals surface area contributed by atoms with Crippen molar-refractivity contribution in [2.45, 2.75) is 45.6 Å². The number of ether oxygens (including phenoxy) is 1. The van der Waals surface area contributed by atoms with Crippen LogP contribution in [0.4, 0.5) is 4.39 Å². The molecule has 0 heterocycles. The fourth-order valence-corrected chi connectivity index (χ4v) is 1.73. The second kappa shape index (κ2) is 7.89. The molecule has 106 valence electrons. The molecule has 0 aliphatic carbocycles. The first-order valence-corrected chi connectivity index (χ1v) is 6.64. The van der Waals surface area contributed by atoms with Crippen LogP contribution in [0.15, 0.2) is 18.2 Å². The Hall–Kier alpha value is -1.42. The Morgan fingerprint density at radius 3 is 2.89 bits per heavy atom. The van der Waals surface area contributed by atoms with E-state index in [1.54, 1.807) is 12.1 Å². The molecule has 4 heteroatoms. The third kappa shape index (κ3) is 5.39. The summed E-state index contributed by atoms with van der Waals surface area (Å²) >= 11 is 0. The molecule has 1 unspecified atom stereocenters. The second-order valence-corrected chi connectivity index (χ2v) is 4.65. The van der Waals surface area contributed by atoms with Gasteiger partial charge in [0.25, 0.3) is 0 Å². The lowest BCUT2D eigenvalue weighted by Gasteiger charge is -2.12. The predicted molar refractivity (Wildman–Crippen MR) is 71.2 cm³/mol. The van der Waals surface area contributed by atoms with Crippen LogP contribution in [0.5, 0.6) is 0 Å². The number of halogens is 1. The van der Waals surface area contributed by atoms with Crippen LogP contribution in [0, 0.1) is 12.7 Å². The van der Waals surface area contributed by atoms with Gasteiger partial charge in [-0.05, 0) is 25.8 Å². The molecule has 0 spiro atoms. The Balaban J connectivity index is 2.44. The van der Waals surface area contributed by atoms with Crippen LogP contribution >= 0.6 is 0 Å². The van der Waals surface area contributed by atoms with E-state index in [1.807, 2.05) is 13.8 Å². The Morgan fingerprint density at radius 1 is 1.47 bits per heavy atom. The summed E-state index contributed by atoms with van der Waals surface area (Å²) < 4.78 is 18.5. The van der Waals surface area contributed by atoms with E-state index in [4.69, 9.17) is 4.74 Å². The van der Waals surface area contributed by atoms with Crippen molar-refractivity contribution < 1.29 is 19.0 Å². The van der Waals surface area contributed by atoms with Gasteiger partial charge in [0.1, 0.15) is 5.82 Å². The summed E-state index contributed by atoms with van der Waals surface area (Å²) in [5, 5.41) is 9.90. The van der Waals surface area contributed by atoms with E-state index in [0.717, 1.165) is 18.4 Å². The lowest BCUT2D eigenvalue weighted by molar-refractivity contribution is -0.144. The molecule has 0 fully saturated rings. The summed E-state index contributed by atoms with van der Waals surface area (Å²) in [6, 6.07) is 4.57. The van der Waals surface area contributed by atoms with Crippen molar-refractivity contribution >= 4 is 5.97 Å². The minimum Gasteiger partial charge on any atom is -0.466 e. The molecule has 1 N–H and O–H groups in total. The highest BCUT2D eigenvalue weighted by atomic mass is 19.1. The van der Waals surface area contributed by atoms with Gasteiger partial charge >= 0.3 is 5.97 Å². The smallest absolute Gasteiger partial charge is 0.305 e. The third-order valence-corrected chi connectivity index (χ3v) is 2.89. The van der Waals surface area contributed by atoms with E-state index in [1.165, 1.54) is 6.07 Å². The van der Waals surface area contributed by atoms with E-state index >= 15 is 0 Å². The molecule has 0 aliphatic rings. The van der Waals surface area contributed by atoms with Crippen molar-refractivity contribution in [3.63, 3.8) is 0 Å². The van der Waals surface area contributed by atoms with Gasteiger partial charge in [-0.15, -0.1) is 0 Å². The van der Waals surface area contributed by atoms with E-state index in [0.29, 0.717) is 6.61 Å². The summed E-state index contributed by atoms with van der Waals surface area (Å²) in [7, 11) is 0. The molecule has 3 nitrogen and oxygen atoms in total. The van der Waals surface area contributed by atoms with Gasteiger partial charge in [0.05, 0.1) is 12.7 Å². The fraction of sp³-hybridized carbons (Fsp3) is 0.533. The molecule has 0 saturated carbocycles. The third-order valence-electron chi connectivity index (χ3n) is 2.89. The highest BCUT2D eigenvalue weighted by Crippen LogP contribution is 2.22. The minimum atomic E-state index is -0.973. The predicted octanol–water partition coefficient (Wildman–Crippen LogP) is 3.29. The van der Waals surface area contributed by atoms with Crippen molar-refractivity contribution in [3.8, 4) is 0 Å². The number of carbonyl (C=O) groups is 1. The molecule has 0 amide bonds. The van der Waals surface area contributed by atoms with Gasteiger partial charge < -0.3 is 9.84 Å². The van der Waals surface area contributed by atoms with Gasteiger partial charge in [-0.1, -0.05) is 31.0 Å². The van der Waals surface area contributed by atoms with Crippen LogP contribution in [0.1, 0.15) is 49.8 Å². The second-order valence-electron chi connectivity index (χ2n) is 4.65. The Kier molecular flexibility index (Phi) is 6.50. The molecule has 1 aromatic rings. The van der Waals surface area contributed by atoms with Crippen LogP contribution in [-0.2, 0) is 9.53 Å². The maximum absolute atomic E-state index is 13.5. The summed E-state index contributed by atoms with van der Waals surface area (Å²) in [6.45, 7) is 4.25. The summed E-state index contributed by atoms with van der Waals surface area (Å²) in [5.74, 6) is -0.794. The van der Waals surface area contributed by atoms with Crippen molar-refractivity contribution in [1.82, 2.24) is 0 Å². The van der Waals surface area contributed by atoms with Crippen LogP contribution in [-0.4, -0.2) is 17.7 Å². The number of hydrogen-bond acceptors (Lipinski definition) is 3. The topological polar surface area (TPSA) is 46.5 Å². The molecule has 0 aliphatic heterocycles. The normalized spacial score (nSPS) is 12.2. The molecule has 1 aromatic carbocycles. The number of esters is 1. The first-order valence-electron chi connectivity index (χ1n) is 6.64. The summed E-state index contributed by atoms with van der Waals surface area (Å²) in [5.41, 5.74) is 1.11. The zero-order chi connectivity index (χ0) is 14.3. The van der Waals surface area contributed by atoms with Crippen molar-refractivity contribution in [2.24, 2.45) is 0 Å². The number of aryl methyl sites for hydroxylation is 1. The van der Waals surface area contributed by atoms with Crippen LogP contribution in [0.25, 0.3) is 0 Å². The number of aliphatic hydroxyl groups excluding tert-OH is 1. The average Bonchev–Trinajstić information content (AvgIpc) is 2.39. The highest BCUT2D eigenvalue weighted by molar-refractivity contribution is 5.69. The van der Waals surface area contributed by atoms with E-state index in [2.05, 4.69) is 0 Å². The number of rotatable bonds is 7. The molecule has 0 aromatic heterocycles. The number of unbranched alkanes of at least 4 members (excludes halogenated alkanes) is 1. The molecule has 19 heavy (non-hydrogen) atoms. The highest BCUT2D eigenvalue weighted by Gasteiger charge is 2.15. The summed E-state index contributed by atoms with van der Waals surface area (Å²) in [6.07, 6.45) is 1.09. The molecule has 1 atom stereocenters. The average molecular weight is 268 g/mol. The van der Waals surface area contributed by atoms with Gasteiger partial charge in [-0.2, -0.15) is 0 Å². The van der Waals surface area contributed by atoms with Crippen LogP contribution in [0.3, 0.4) is 0 Å². The number of benzene rings is 1. The summed E-state index contributed by atoms with van der Waals surface area (Å²) in [4.78, 5) is 11.4. The Labute approximate surface area is 113 Å². The van der Waals surface area contributed by atoms with Crippen molar-refractivity contribution in [1.29, 1.82) is 0 Å².